The van der Waals surface area contributed by atoms with Crippen molar-refractivity contribution in [2.45, 2.75) is 18.5 Å². The van der Waals surface area contributed by atoms with E-state index in [0.717, 1.165) is 30.9 Å². The molecular formula is C18H22N4O. The summed E-state index contributed by atoms with van der Waals surface area (Å²) in [4.78, 5) is 14.5. The molecule has 0 spiro atoms. The lowest BCUT2D eigenvalue weighted by atomic mass is 10.0. The van der Waals surface area contributed by atoms with E-state index in [2.05, 4.69) is 10.2 Å². The number of anilines is 2. The van der Waals surface area contributed by atoms with Gasteiger partial charge in [0.15, 0.2) is 0 Å². The average molecular weight is 310 g/mol. The van der Waals surface area contributed by atoms with Gasteiger partial charge in [0.05, 0.1) is 0 Å². The first-order chi connectivity index (χ1) is 11.1. The molecule has 2 atom stereocenters. The summed E-state index contributed by atoms with van der Waals surface area (Å²) in [5.74, 6) is -0.122. The first-order valence-electron chi connectivity index (χ1n) is 7.84. The molecule has 1 amide bonds. The van der Waals surface area contributed by atoms with Crippen molar-refractivity contribution in [2.75, 3.05) is 23.3 Å². The third-order valence-corrected chi connectivity index (χ3v) is 4.02. The van der Waals surface area contributed by atoms with Gasteiger partial charge in [-0.05, 0) is 36.8 Å². The highest BCUT2D eigenvalue weighted by atomic mass is 16.1. The highest BCUT2D eigenvalue weighted by Gasteiger charge is 2.23. The van der Waals surface area contributed by atoms with E-state index in [1.807, 2.05) is 54.6 Å². The topological polar surface area (TPSA) is 84.4 Å². The van der Waals surface area contributed by atoms with Crippen LogP contribution in [0, 0.1) is 0 Å². The van der Waals surface area contributed by atoms with Crippen molar-refractivity contribution in [3.05, 3.63) is 60.2 Å². The zero-order valence-corrected chi connectivity index (χ0v) is 13.0. The zero-order chi connectivity index (χ0) is 16.2. The number of para-hydroxylation sites is 1. The van der Waals surface area contributed by atoms with Crippen LogP contribution in [-0.2, 0) is 0 Å². The lowest BCUT2D eigenvalue weighted by Crippen LogP contribution is -2.52. The zero-order valence-electron chi connectivity index (χ0n) is 13.0. The van der Waals surface area contributed by atoms with Crippen LogP contribution in [-0.4, -0.2) is 31.1 Å². The number of amides is 1. The van der Waals surface area contributed by atoms with Crippen LogP contribution in [0.15, 0.2) is 54.6 Å². The second-order valence-corrected chi connectivity index (χ2v) is 6.03. The third kappa shape index (κ3) is 3.88. The molecule has 0 radical (unpaired) electrons. The Kier molecular flexibility index (Phi) is 4.60. The molecular weight excluding hydrogens is 288 g/mol. The van der Waals surface area contributed by atoms with E-state index in [4.69, 9.17) is 11.5 Å². The average Bonchev–Trinajstić information content (AvgIpc) is 2.55. The van der Waals surface area contributed by atoms with Gasteiger partial charge in [-0.2, -0.15) is 0 Å². The molecule has 1 heterocycles. The monoisotopic (exact) mass is 310 g/mol. The molecule has 0 bridgehead atoms. The Labute approximate surface area is 136 Å². The summed E-state index contributed by atoms with van der Waals surface area (Å²) in [6.45, 7) is 1.52. The number of rotatable bonds is 3. The minimum Gasteiger partial charge on any atom is -0.368 e. The summed E-state index contributed by atoms with van der Waals surface area (Å²) >= 11 is 0. The predicted molar refractivity (Wildman–Crippen MR) is 93.6 cm³/mol. The van der Waals surface area contributed by atoms with Gasteiger partial charge in [0, 0.05) is 42.1 Å². The summed E-state index contributed by atoms with van der Waals surface area (Å²) in [5, 5.41) is 2.90. The molecule has 2 unspecified atom stereocenters. The molecule has 1 saturated heterocycles. The van der Waals surface area contributed by atoms with Crippen LogP contribution in [0.25, 0.3) is 0 Å². The maximum absolute atomic E-state index is 12.4. The van der Waals surface area contributed by atoms with Gasteiger partial charge in [0.25, 0.3) is 5.91 Å². The number of carbonyl (C=O) groups excluding carboxylic acids is 1. The Morgan fingerprint density at radius 3 is 2.39 bits per heavy atom. The molecule has 2 aromatic carbocycles. The Bertz CT molecular complexity index is 664. The number of benzene rings is 2. The van der Waals surface area contributed by atoms with Gasteiger partial charge in [-0.15, -0.1) is 0 Å². The molecule has 3 rings (SSSR count). The summed E-state index contributed by atoms with van der Waals surface area (Å²) in [7, 11) is 0. The predicted octanol–water partition coefficient (Wildman–Crippen LogP) is 1.80. The van der Waals surface area contributed by atoms with E-state index in [1.54, 1.807) is 0 Å². The largest absolute Gasteiger partial charge is 0.368 e. The molecule has 0 aliphatic carbocycles. The van der Waals surface area contributed by atoms with Crippen molar-refractivity contribution < 1.29 is 4.79 Å². The molecule has 5 heteroatoms. The molecule has 1 fully saturated rings. The number of nitrogens with one attached hydrogen (secondary N) is 1. The van der Waals surface area contributed by atoms with Crippen molar-refractivity contribution in [3.8, 4) is 0 Å². The molecule has 120 valence electrons. The maximum Gasteiger partial charge on any atom is 0.255 e. The van der Waals surface area contributed by atoms with Crippen LogP contribution in [0.5, 0.6) is 0 Å². The van der Waals surface area contributed by atoms with Crippen LogP contribution in [0.4, 0.5) is 11.4 Å². The number of hydrogen-bond donors (Lipinski definition) is 3. The van der Waals surface area contributed by atoms with E-state index >= 15 is 0 Å². The van der Waals surface area contributed by atoms with E-state index in [9.17, 15) is 4.79 Å². The van der Waals surface area contributed by atoms with E-state index in [-0.39, 0.29) is 18.0 Å². The summed E-state index contributed by atoms with van der Waals surface area (Å²) in [5.41, 5.74) is 14.5. The van der Waals surface area contributed by atoms with Crippen LogP contribution >= 0.6 is 0 Å². The van der Waals surface area contributed by atoms with E-state index in [1.165, 1.54) is 0 Å². The van der Waals surface area contributed by atoms with Gasteiger partial charge in [-0.3, -0.25) is 4.79 Å². The summed E-state index contributed by atoms with van der Waals surface area (Å²) < 4.78 is 0. The molecule has 0 saturated carbocycles. The maximum atomic E-state index is 12.4. The van der Waals surface area contributed by atoms with Gasteiger partial charge >= 0.3 is 0 Å². The third-order valence-electron chi connectivity index (χ3n) is 4.02. The SMILES string of the molecule is NC1CC(N)CN(c2cccc(C(=O)Nc3ccccc3)c2)C1. The van der Waals surface area contributed by atoms with Crippen LogP contribution < -0.4 is 21.7 Å². The highest BCUT2D eigenvalue weighted by Crippen LogP contribution is 2.21. The molecule has 1 aliphatic heterocycles. The molecule has 5 N–H and O–H groups in total. The lowest BCUT2D eigenvalue weighted by molar-refractivity contribution is 0.102. The van der Waals surface area contributed by atoms with E-state index < -0.39 is 0 Å². The van der Waals surface area contributed by atoms with Crippen molar-refractivity contribution >= 4 is 17.3 Å². The number of nitrogens with two attached hydrogens (primary N) is 2. The Hall–Kier alpha value is -2.37. The smallest absolute Gasteiger partial charge is 0.255 e. The molecule has 1 aliphatic rings. The molecule has 5 nitrogen and oxygen atoms in total. The quantitative estimate of drug-likeness (QED) is 0.807. The highest BCUT2D eigenvalue weighted by molar-refractivity contribution is 6.04. The van der Waals surface area contributed by atoms with Crippen molar-refractivity contribution in [2.24, 2.45) is 11.5 Å². The second-order valence-electron chi connectivity index (χ2n) is 6.03. The molecule has 2 aromatic rings. The van der Waals surface area contributed by atoms with Crippen LogP contribution in [0.3, 0.4) is 0 Å². The Morgan fingerprint density at radius 1 is 1.00 bits per heavy atom. The molecule has 0 aromatic heterocycles. The van der Waals surface area contributed by atoms with Crippen molar-refractivity contribution in [1.29, 1.82) is 0 Å². The Morgan fingerprint density at radius 2 is 1.70 bits per heavy atom. The summed E-state index contributed by atoms with van der Waals surface area (Å²) in [6, 6.07) is 17.2. The first kappa shape index (κ1) is 15.5. The van der Waals surface area contributed by atoms with Gasteiger partial charge in [0.2, 0.25) is 0 Å². The summed E-state index contributed by atoms with van der Waals surface area (Å²) in [6.07, 6.45) is 0.838. The fraction of sp³-hybridized carbons (Fsp3) is 0.278. The van der Waals surface area contributed by atoms with Crippen LogP contribution in [0.1, 0.15) is 16.8 Å². The van der Waals surface area contributed by atoms with Gasteiger partial charge < -0.3 is 21.7 Å². The van der Waals surface area contributed by atoms with Crippen molar-refractivity contribution in [3.63, 3.8) is 0 Å². The normalized spacial score (nSPS) is 21.0. The Balaban J connectivity index is 1.75. The van der Waals surface area contributed by atoms with Crippen LogP contribution in [0.2, 0.25) is 0 Å². The number of piperidine rings is 1. The molecule has 23 heavy (non-hydrogen) atoms. The van der Waals surface area contributed by atoms with E-state index in [0.29, 0.717) is 5.56 Å². The van der Waals surface area contributed by atoms with Crippen molar-refractivity contribution in [1.82, 2.24) is 0 Å². The fourth-order valence-electron chi connectivity index (χ4n) is 2.96. The second kappa shape index (κ2) is 6.81. The van der Waals surface area contributed by atoms with Gasteiger partial charge in [-0.25, -0.2) is 0 Å². The van der Waals surface area contributed by atoms with Gasteiger partial charge in [0.1, 0.15) is 0 Å². The fourth-order valence-corrected chi connectivity index (χ4v) is 2.96. The first-order valence-corrected chi connectivity index (χ1v) is 7.84. The minimum atomic E-state index is -0.122. The standard InChI is InChI=1S/C18H22N4O/c19-14-10-15(20)12-22(11-14)17-8-4-5-13(9-17)18(23)21-16-6-2-1-3-7-16/h1-9,14-15H,10-12,19-20H2,(H,21,23). The number of nitrogens with zero attached hydrogens (tertiary/aromatic N) is 1. The minimum absolute atomic E-state index is 0.0700. The number of carbonyl (C=O) groups is 1. The lowest BCUT2D eigenvalue weighted by Gasteiger charge is -2.36. The van der Waals surface area contributed by atoms with Gasteiger partial charge in [-0.1, -0.05) is 24.3 Å². The number of hydrogen-bond acceptors (Lipinski definition) is 4.